The van der Waals surface area contributed by atoms with Gasteiger partial charge in [-0.2, -0.15) is 0 Å². The summed E-state index contributed by atoms with van der Waals surface area (Å²) in [5.41, 5.74) is 10.6. The van der Waals surface area contributed by atoms with Gasteiger partial charge in [0.05, 0.1) is 0 Å². The molecule has 0 saturated heterocycles. The van der Waals surface area contributed by atoms with Crippen molar-refractivity contribution in [3.05, 3.63) is 46.6 Å². The van der Waals surface area contributed by atoms with Crippen molar-refractivity contribution in [1.82, 2.24) is 0 Å². The van der Waals surface area contributed by atoms with Crippen LogP contribution in [0.15, 0.2) is 46.6 Å². The Bertz CT molecular complexity index is 1090. The molecule has 38 heavy (non-hydrogen) atoms. The zero-order chi connectivity index (χ0) is 26.8. The minimum Gasteiger partial charge on any atom is -0.0639 e. The van der Waals surface area contributed by atoms with Gasteiger partial charge >= 0.3 is 0 Å². The minimum atomic E-state index is 0.402. The molecule has 0 spiro atoms. The smallest absolute Gasteiger partial charge is 0.00693 e. The Morgan fingerprint density at radius 1 is 0.474 bits per heavy atom. The van der Waals surface area contributed by atoms with Gasteiger partial charge in [-0.3, -0.25) is 0 Å². The van der Waals surface area contributed by atoms with Gasteiger partial charge < -0.3 is 0 Å². The van der Waals surface area contributed by atoms with Crippen LogP contribution >= 0.6 is 0 Å². The Labute approximate surface area is 234 Å². The number of rotatable bonds is 3. The number of hydrogen-bond donors (Lipinski definition) is 0. The molecule has 2 unspecified atom stereocenters. The van der Waals surface area contributed by atoms with Crippen molar-refractivity contribution < 1.29 is 0 Å². The Kier molecular flexibility index (Phi) is 5.33. The summed E-state index contributed by atoms with van der Waals surface area (Å²) in [6.45, 7) is 18.3. The van der Waals surface area contributed by atoms with Crippen LogP contribution in [0.25, 0.3) is 0 Å². The lowest BCUT2D eigenvalue weighted by Crippen LogP contribution is -2.59. The second-order valence-corrected chi connectivity index (χ2v) is 18.8. The second kappa shape index (κ2) is 7.82. The molecule has 0 aliphatic heterocycles. The van der Waals surface area contributed by atoms with Crippen molar-refractivity contribution in [2.45, 2.75) is 145 Å². The fraction of sp³-hybridized carbons (Fsp3) is 0.789. The van der Waals surface area contributed by atoms with Gasteiger partial charge in [0.25, 0.3) is 0 Å². The van der Waals surface area contributed by atoms with Gasteiger partial charge in [0.1, 0.15) is 0 Å². The van der Waals surface area contributed by atoms with Crippen LogP contribution in [0.2, 0.25) is 0 Å². The summed E-state index contributed by atoms with van der Waals surface area (Å²) in [4.78, 5) is 0. The molecule has 8 rings (SSSR count). The Hall–Kier alpha value is -1.04. The Balaban J connectivity index is 1.12. The third kappa shape index (κ3) is 4.12. The van der Waals surface area contributed by atoms with Crippen LogP contribution in [0.5, 0.6) is 0 Å². The third-order valence-corrected chi connectivity index (χ3v) is 13.2. The average molecular weight is 513 g/mol. The van der Waals surface area contributed by atoms with Crippen LogP contribution in [0, 0.1) is 43.8 Å². The maximum Gasteiger partial charge on any atom is -0.00693 e. The molecule has 2 atom stereocenters. The SMILES string of the molecule is CC1CC2(C)CC(C)(C1)CC(C)(C1=CC=C(C3=CC=C(C45CC6(C)CC(C)(CC(C)(C6)C4)C5)CC3)CC1)C2. The van der Waals surface area contributed by atoms with Gasteiger partial charge in [0, 0.05) is 0 Å². The molecule has 0 radical (unpaired) electrons. The monoisotopic (exact) mass is 512 g/mol. The van der Waals surface area contributed by atoms with Crippen LogP contribution in [0.3, 0.4) is 0 Å². The Morgan fingerprint density at radius 3 is 1.32 bits per heavy atom. The van der Waals surface area contributed by atoms with E-state index in [1.54, 1.807) is 16.7 Å². The molecule has 0 heteroatoms. The highest BCUT2D eigenvalue weighted by molar-refractivity contribution is 5.45. The standard InChI is InChI=1S/C38H56/c1-27-16-32(2)18-33(3,17-27)23-37(7,22-32)30-12-8-28(9-13-30)29-10-14-31(15-11-29)38-24-34(4)19-35(5,25-38)21-36(6,20-34)26-38/h8,10,12,14,27H,9,11,13,15-26H2,1-7H3. The van der Waals surface area contributed by atoms with E-state index in [9.17, 15) is 0 Å². The predicted molar refractivity (Wildman–Crippen MR) is 162 cm³/mol. The Morgan fingerprint density at radius 2 is 0.895 bits per heavy atom. The van der Waals surface area contributed by atoms with Crippen molar-refractivity contribution >= 4 is 0 Å². The first-order valence-corrected chi connectivity index (χ1v) is 16.5. The highest BCUT2D eigenvalue weighted by atomic mass is 14.7. The van der Waals surface area contributed by atoms with E-state index in [1.165, 1.54) is 96.3 Å². The molecule has 0 aromatic rings. The van der Waals surface area contributed by atoms with Crippen molar-refractivity contribution in [2.75, 3.05) is 0 Å². The van der Waals surface area contributed by atoms with Gasteiger partial charge in [0.2, 0.25) is 0 Å². The number of fused-ring (bicyclic) bond motifs is 2. The minimum absolute atomic E-state index is 0.402. The van der Waals surface area contributed by atoms with Crippen LogP contribution in [-0.4, -0.2) is 0 Å². The predicted octanol–water partition coefficient (Wildman–Crippen LogP) is 11.3. The molecular formula is C38H56. The van der Waals surface area contributed by atoms with Crippen molar-refractivity contribution in [3.63, 3.8) is 0 Å². The molecule has 0 N–H and O–H groups in total. The number of allylic oxidation sites excluding steroid dienone is 8. The molecule has 0 heterocycles. The fourth-order valence-corrected chi connectivity index (χ4v) is 14.8. The van der Waals surface area contributed by atoms with Crippen molar-refractivity contribution in [3.8, 4) is 0 Å². The van der Waals surface area contributed by atoms with Crippen LogP contribution < -0.4 is 0 Å². The van der Waals surface area contributed by atoms with E-state index >= 15 is 0 Å². The molecule has 6 fully saturated rings. The third-order valence-electron chi connectivity index (χ3n) is 13.2. The molecule has 0 nitrogen and oxygen atoms in total. The lowest BCUT2D eigenvalue weighted by Gasteiger charge is -2.70. The summed E-state index contributed by atoms with van der Waals surface area (Å²) in [5, 5.41) is 0. The van der Waals surface area contributed by atoms with E-state index in [-0.39, 0.29) is 0 Å². The van der Waals surface area contributed by atoms with E-state index in [0.717, 1.165) is 5.92 Å². The van der Waals surface area contributed by atoms with Crippen LogP contribution in [0.1, 0.15) is 145 Å². The summed E-state index contributed by atoms with van der Waals surface area (Å²) >= 11 is 0. The maximum absolute atomic E-state index is 2.64. The highest BCUT2D eigenvalue weighted by Crippen LogP contribution is 2.75. The molecule has 6 saturated carbocycles. The summed E-state index contributed by atoms with van der Waals surface area (Å²) < 4.78 is 0. The lowest BCUT2D eigenvalue weighted by molar-refractivity contribution is -0.170. The fourth-order valence-electron chi connectivity index (χ4n) is 14.8. The topological polar surface area (TPSA) is 0 Å². The summed E-state index contributed by atoms with van der Waals surface area (Å²) in [7, 11) is 0. The largest absolute Gasteiger partial charge is 0.0639 e. The molecule has 0 aromatic heterocycles. The zero-order valence-electron chi connectivity index (χ0n) is 26.0. The lowest BCUT2D eigenvalue weighted by atomic mass is 9.35. The molecule has 6 bridgehead atoms. The molecule has 0 aromatic carbocycles. The van der Waals surface area contributed by atoms with Crippen molar-refractivity contribution in [1.29, 1.82) is 0 Å². The van der Waals surface area contributed by atoms with E-state index in [4.69, 9.17) is 0 Å². The van der Waals surface area contributed by atoms with Gasteiger partial charge in [-0.15, -0.1) is 0 Å². The second-order valence-electron chi connectivity index (χ2n) is 18.8. The molecule has 8 aliphatic rings. The van der Waals surface area contributed by atoms with Gasteiger partial charge in [-0.05, 0) is 151 Å². The van der Waals surface area contributed by atoms with E-state index in [0.29, 0.717) is 37.9 Å². The summed E-state index contributed by atoms with van der Waals surface area (Å²) in [6.07, 6.45) is 31.5. The quantitative estimate of drug-likeness (QED) is 0.353. The maximum atomic E-state index is 2.64. The van der Waals surface area contributed by atoms with E-state index in [1.807, 2.05) is 5.57 Å². The van der Waals surface area contributed by atoms with E-state index < -0.39 is 0 Å². The highest BCUT2D eigenvalue weighted by Gasteiger charge is 2.64. The summed E-state index contributed by atoms with van der Waals surface area (Å²) in [6, 6.07) is 0. The van der Waals surface area contributed by atoms with Crippen LogP contribution in [-0.2, 0) is 0 Å². The first-order chi connectivity index (χ1) is 17.6. The first kappa shape index (κ1) is 25.9. The van der Waals surface area contributed by atoms with Gasteiger partial charge in [-0.25, -0.2) is 0 Å². The molecule has 208 valence electrons. The normalized spacial score (nSPS) is 53.7. The van der Waals surface area contributed by atoms with E-state index in [2.05, 4.69) is 72.8 Å². The van der Waals surface area contributed by atoms with Gasteiger partial charge in [-0.1, -0.05) is 83.9 Å². The first-order valence-electron chi connectivity index (χ1n) is 16.5. The molecule has 8 aliphatic carbocycles. The van der Waals surface area contributed by atoms with Crippen LogP contribution in [0.4, 0.5) is 0 Å². The van der Waals surface area contributed by atoms with Gasteiger partial charge in [0.15, 0.2) is 0 Å². The molecule has 0 amide bonds. The average Bonchev–Trinajstić information content (AvgIpc) is 2.73. The summed E-state index contributed by atoms with van der Waals surface area (Å²) in [5.74, 6) is 0.901. The number of hydrogen-bond acceptors (Lipinski definition) is 0. The van der Waals surface area contributed by atoms with Crippen molar-refractivity contribution in [2.24, 2.45) is 43.8 Å². The molecular weight excluding hydrogens is 456 g/mol. The zero-order valence-corrected chi connectivity index (χ0v) is 26.0.